The first-order valence-corrected chi connectivity index (χ1v) is 5.15. The van der Waals surface area contributed by atoms with E-state index in [1.165, 1.54) is 12.3 Å². The van der Waals surface area contributed by atoms with Gasteiger partial charge in [0.25, 0.3) is 0 Å². The van der Waals surface area contributed by atoms with Gasteiger partial charge in [-0.05, 0) is 19.1 Å². The quantitative estimate of drug-likeness (QED) is 0.832. The first-order chi connectivity index (χ1) is 8.13. The number of ether oxygens (including phenoxy) is 1. The molecule has 4 nitrogen and oxygen atoms in total. The van der Waals surface area contributed by atoms with Crippen molar-refractivity contribution >= 4 is 16.9 Å². The van der Waals surface area contributed by atoms with Crippen molar-refractivity contribution in [3.05, 3.63) is 35.8 Å². The van der Waals surface area contributed by atoms with Crippen LogP contribution in [0.3, 0.4) is 0 Å². The number of aliphatic hydroxyl groups is 1. The van der Waals surface area contributed by atoms with E-state index in [0.717, 1.165) is 6.07 Å². The van der Waals surface area contributed by atoms with Crippen LogP contribution in [-0.2, 0) is 9.53 Å². The van der Waals surface area contributed by atoms with Crippen molar-refractivity contribution in [1.82, 2.24) is 0 Å². The molecule has 17 heavy (non-hydrogen) atoms. The summed E-state index contributed by atoms with van der Waals surface area (Å²) in [7, 11) is 0. The third kappa shape index (κ3) is 2.14. The Morgan fingerprint density at radius 1 is 1.59 bits per heavy atom. The molecule has 5 heteroatoms. The monoisotopic (exact) mass is 238 g/mol. The van der Waals surface area contributed by atoms with Crippen LogP contribution in [0.4, 0.5) is 4.39 Å². The zero-order chi connectivity index (χ0) is 12.4. The van der Waals surface area contributed by atoms with Gasteiger partial charge in [-0.25, -0.2) is 9.18 Å². The average molecular weight is 238 g/mol. The van der Waals surface area contributed by atoms with Gasteiger partial charge in [-0.15, -0.1) is 0 Å². The molecule has 90 valence electrons. The lowest BCUT2D eigenvalue weighted by Gasteiger charge is -2.10. The molecule has 0 fully saturated rings. The number of halogens is 1. The third-order valence-corrected chi connectivity index (χ3v) is 2.38. The van der Waals surface area contributed by atoms with Crippen LogP contribution >= 0.6 is 0 Å². The number of carbonyl (C=O) groups is 1. The van der Waals surface area contributed by atoms with E-state index in [1.807, 2.05) is 0 Å². The molecular weight excluding hydrogens is 227 g/mol. The lowest BCUT2D eigenvalue weighted by atomic mass is 10.1. The zero-order valence-electron chi connectivity index (χ0n) is 9.14. The maximum absolute atomic E-state index is 13.6. The van der Waals surface area contributed by atoms with Gasteiger partial charge in [0, 0.05) is 17.0 Å². The van der Waals surface area contributed by atoms with Crippen molar-refractivity contribution in [3.63, 3.8) is 0 Å². The van der Waals surface area contributed by atoms with Crippen LogP contribution in [0.1, 0.15) is 18.6 Å². The molecule has 1 atom stereocenters. The number of esters is 1. The molecule has 1 aromatic heterocycles. The summed E-state index contributed by atoms with van der Waals surface area (Å²) < 4.78 is 23.3. The number of benzene rings is 1. The number of aliphatic hydroxyl groups excluding tert-OH is 1. The SMILES string of the molecule is CCOC(=O)C(O)c1cc2ccoc2cc1F. The largest absolute Gasteiger partial charge is 0.464 e. The number of carbonyl (C=O) groups excluding carboxylic acids is 1. The molecule has 0 bridgehead atoms. The number of hydrogen-bond donors (Lipinski definition) is 1. The molecule has 2 aromatic rings. The molecule has 0 radical (unpaired) electrons. The molecule has 0 aliphatic carbocycles. The van der Waals surface area contributed by atoms with Gasteiger partial charge in [-0.1, -0.05) is 0 Å². The van der Waals surface area contributed by atoms with Crippen molar-refractivity contribution in [3.8, 4) is 0 Å². The minimum atomic E-state index is -1.62. The second-order valence-electron chi connectivity index (χ2n) is 3.49. The topological polar surface area (TPSA) is 59.7 Å². The van der Waals surface area contributed by atoms with Gasteiger partial charge in [0.05, 0.1) is 12.9 Å². The van der Waals surface area contributed by atoms with Gasteiger partial charge in [-0.3, -0.25) is 0 Å². The lowest BCUT2D eigenvalue weighted by Crippen LogP contribution is -2.16. The third-order valence-electron chi connectivity index (χ3n) is 2.38. The standard InChI is InChI=1S/C12H11FO4/c1-2-16-12(15)11(14)8-5-7-3-4-17-10(7)6-9(8)13/h3-6,11,14H,2H2,1H3. The normalized spacial score (nSPS) is 12.6. The summed E-state index contributed by atoms with van der Waals surface area (Å²) in [6.45, 7) is 1.74. The van der Waals surface area contributed by atoms with Crippen LogP contribution < -0.4 is 0 Å². The Morgan fingerprint density at radius 2 is 2.35 bits per heavy atom. The summed E-state index contributed by atoms with van der Waals surface area (Å²) in [6.07, 6.45) is -0.209. The number of rotatable bonds is 3. The van der Waals surface area contributed by atoms with Crippen LogP contribution in [0.25, 0.3) is 11.0 Å². The van der Waals surface area contributed by atoms with Crippen molar-refractivity contribution in [1.29, 1.82) is 0 Å². The first-order valence-electron chi connectivity index (χ1n) is 5.15. The Balaban J connectivity index is 2.39. The zero-order valence-corrected chi connectivity index (χ0v) is 9.14. The molecule has 1 N–H and O–H groups in total. The molecule has 1 aromatic carbocycles. The number of fused-ring (bicyclic) bond motifs is 1. The second kappa shape index (κ2) is 4.55. The number of hydrogen-bond acceptors (Lipinski definition) is 4. The van der Waals surface area contributed by atoms with E-state index in [4.69, 9.17) is 4.42 Å². The Morgan fingerprint density at radius 3 is 3.06 bits per heavy atom. The highest BCUT2D eigenvalue weighted by molar-refractivity contribution is 5.82. The minimum Gasteiger partial charge on any atom is -0.464 e. The van der Waals surface area contributed by atoms with E-state index in [9.17, 15) is 14.3 Å². The van der Waals surface area contributed by atoms with Gasteiger partial charge in [0.2, 0.25) is 0 Å². The van der Waals surface area contributed by atoms with E-state index in [-0.39, 0.29) is 12.2 Å². The minimum absolute atomic E-state index is 0.114. The average Bonchev–Trinajstić information content (AvgIpc) is 2.74. The van der Waals surface area contributed by atoms with Crippen molar-refractivity contribution < 1.29 is 23.4 Å². The molecule has 0 amide bonds. The second-order valence-corrected chi connectivity index (χ2v) is 3.49. The Bertz CT molecular complexity index is 546. The number of furan rings is 1. The van der Waals surface area contributed by atoms with Crippen molar-refractivity contribution in [2.75, 3.05) is 6.61 Å². The summed E-state index contributed by atoms with van der Waals surface area (Å²) >= 11 is 0. The predicted octanol–water partition coefficient (Wildman–Crippen LogP) is 2.17. The van der Waals surface area contributed by atoms with E-state index < -0.39 is 17.9 Å². The highest BCUT2D eigenvalue weighted by Crippen LogP contribution is 2.25. The highest BCUT2D eigenvalue weighted by Gasteiger charge is 2.23. The smallest absolute Gasteiger partial charge is 0.339 e. The first kappa shape index (κ1) is 11.6. The molecule has 1 heterocycles. The Hall–Kier alpha value is -1.88. The van der Waals surface area contributed by atoms with Gasteiger partial charge in [0.15, 0.2) is 6.10 Å². The lowest BCUT2D eigenvalue weighted by molar-refractivity contribution is -0.153. The van der Waals surface area contributed by atoms with Crippen LogP contribution in [-0.4, -0.2) is 17.7 Å². The van der Waals surface area contributed by atoms with E-state index in [1.54, 1.807) is 13.0 Å². The van der Waals surface area contributed by atoms with Gasteiger partial charge in [0.1, 0.15) is 11.4 Å². The summed E-state index contributed by atoms with van der Waals surface area (Å²) in [5.41, 5.74) is 0.250. The molecule has 0 aliphatic rings. The molecule has 0 saturated heterocycles. The van der Waals surface area contributed by atoms with Gasteiger partial charge >= 0.3 is 5.97 Å². The van der Waals surface area contributed by atoms with E-state index in [2.05, 4.69) is 4.74 Å². The maximum atomic E-state index is 13.6. The van der Waals surface area contributed by atoms with Crippen LogP contribution in [0.15, 0.2) is 28.9 Å². The maximum Gasteiger partial charge on any atom is 0.339 e. The van der Waals surface area contributed by atoms with Gasteiger partial charge in [-0.2, -0.15) is 0 Å². The summed E-state index contributed by atoms with van der Waals surface area (Å²) in [6, 6.07) is 4.12. The molecule has 1 unspecified atom stereocenters. The summed E-state index contributed by atoms with van der Waals surface area (Å²) in [5, 5.41) is 10.3. The Labute approximate surface area is 96.6 Å². The predicted molar refractivity (Wildman–Crippen MR) is 57.8 cm³/mol. The molecule has 0 spiro atoms. The molecule has 0 saturated carbocycles. The van der Waals surface area contributed by atoms with E-state index in [0.29, 0.717) is 11.0 Å². The summed E-state index contributed by atoms with van der Waals surface area (Å²) in [4.78, 5) is 11.3. The van der Waals surface area contributed by atoms with Crippen LogP contribution in [0, 0.1) is 5.82 Å². The van der Waals surface area contributed by atoms with E-state index >= 15 is 0 Å². The fourth-order valence-corrected chi connectivity index (χ4v) is 1.56. The molecule has 0 aliphatic heterocycles. The van der Waals surface area contributed by atoms with Crippen molar-refractivity contribution in [2.24, 2.45) is 0 Å². The molecule has 2 rings (SSSR count). The van der Waals surface area contributed by atoms with Crippen LogP contribution in [0.5, 0.6) is 0 Å². The fourth-order valence-electron chi connectivity index (χ4n) is 1.56. The fraction of sp³-hybridized carbons (Fsp3) is 0.250. The Kier molecular flexibility index (Phi) is 3.10. The molecular formula is C12H11FO4. The summed E-state index contributed by atoms with van der Waals surface area (Å²) in [5.74, 6) is -1.57. The highest BCUT2D eigenvalue weighted by atomic mass is 19.1. The van der Waals surface area contributed by atoms with Gasteiger partial charge < -0.3 is 14.3 Å². The van der Waals surface area contributed by atoms with Crippen LogP contribution in [0.2, 0.25) is 0 Å². The van der Waals surface area contributed by atoms with Crippen molar-refractivity contribution in [2.45, 2.75) is 13.0 Å².